The molecule has 1 saturated carbocycles. The van der Waals surface area contributed by atoms with E-state index in [1.807, 2.05) is 4.90 Å². The molecule has 2 heterocycles. The number of ether oxygens (including phenoxy) is 2. The van der Waals surface area contributed by atoms with Gasteiger partial charge in [0.2, 0.25) is 0 Å². The Morgan fingerprint density at radius 2 is 1.93 bits per heavy atom. The summed E-state index contributed by atoms with van der Waals surface area (Å²) in [5, 5.41) is 11.3. The highest BCUT2D eigenvalue weighted by molar-refractivity contribution is 6.30. The van der Waals surface area contributed by atoms with Crippen molar-refractivity contribution in [3.05, 3.63) is 28.8 Å². The molecule has 4 atom stereocenters. The molecule has 0 aromatic heterocycles. The number of fused-ring (bicyclic) bond motifs is 1. The summed E-state index contributed by atoms with van der Waals surface area (Å²) >= 11 is 6.02. The van der Waals surface area contributed by atoms with Crippen molar-refractivity contribution in [1.29, 1.82) is 0 Å². The fourth-order valence-electron chi connectivity index (χ4n) is 4.89. The lowest BCUT2D eigenvalue weighted by molar-refractivity contribution is -0.0520. The molecule has 1 aromatic rings. The Morgan fingerprint density at radius 1 is 1.22 bits per heavy atom. The summed E-state index contributed by atoms with van der Waals surface area (Å²) in [6, 6.07) is 5.31. The van der Waals surface area contributed by atoms with Crippen molar-refractivity contribution in [1.82, 2.24) is 9.80 Å². The summed E-state index contributed by atoms with van der Waals surface area (Å²) in [4.78, 5) is 17.3. The number of likely N-dealkylation sites (tertiary alicyclic amines) is 1. The number of carbonyl (C=O) groups is 1. The Balaban J connectivity index is 1.46. The molecule has 3 fully saturated rings. The second kappa shape index (κ2) is 7.95. The van der Waals surface area contributed by atoms with Gasteiger partial charge in [0.1, 0.15) is 5.75 Å². The van der Waals surface area contributed by atoms with Gasteiger partial charge in [-0.2, -0.15) is 0 Å². The highest BCUT2D eigenvalue weighted by Crippen LogP contribution is 2.39. The van der Waals surface area contributed by atoms with E-state index < -0.39 is 0 Å². The van der Waals surface area contributed by atoms with Crippen molar-refractivity contribution in [2.75, 3.05) is 46.5 Å². The molecule has 4 rings (SSSR count). The number of benzene rings is 1. The van der Waals surface area contributed by atoms with Crippen molar-refractivity contribution in [2.24, 2.45) is 11.8 Å². The number of aliphatic hydroxyl groups excluding tert-OH is 1. The van der Waals surface area contributed by atoms with E-state index in [2.05, 4.69) is 4.90 Å². The molecule has 1 amide bonds. The number of aliphatic hydroxyl groups is 1. The molecule has 0 bridgehead atoms. The van der Waals surface area contributed by atoms with Gasteiger partial charge in [0.05, 0.1) is 32.0 Å². The van der Waals surface area contributed by atoms with E-state index in [0.29, 0.717) is 34.7 Å². The quantitative estimate of drug-likeness (QED) is 0.848. The maximum Gasteiger partial charge on any atom is 0.257 e. The predicted octanol–water partition coefficient (Wildman–Crippen LogP) is 1.89. The van der Waals surface area contributed by atoms with Crippen LogP contribution in [0.15, 0.2) is 18.2 Å². The van der Waals surface area contributed by atoms with Crippen LogP contribution >= 0.6 is 11.6 Å². The van der Waals surface area contributed by atoms with Gasteiger partial charge < -0.3 is 19.5 Å². The Hall–Kier alpha value is -1.34. The molecule has 3 aliphatic rings. The molecule has 6 nitrogen and oxygen atoms in total. The molecule has 0 unspecified atom stereocenters. The third-order valence-electron chi connectivity index (χ3n) is 6.30. The van der Waals surface area contributed by atoms with Gasteiger partial charge in [-0.1, -0.05) is 11.6 Å². The summed E-state index contributed by atoms with van der Waals surface area (Å²) in [7, 11) is 1.55. The van der Waals surface area contributed by atoms with Crippen molar-refractivity contribution in [3.63, 3.8) is 0 Å². The fraction of sp³-hybridized carbons (Fsp3) is 0.650. The van der Waals surface area contributed by atoms with E-state index in [9.17, 15) is 9.90 Å². The van der Waals surface area contributed by atoms with Crippen LogP contribution in [0, 0.1) is 11.8 Å². The van der Waals surface area contributed by atoms with Gasteiger partial charge in [-0.25, -0.2) is 0 Å². The summed E-state index contributed by atoms with van der Waals surface area (Å²) in [6.45, 7) is 4.66. The smallest absolute Gasteiger partial charge is 0.257 e. The Morgan fingerprint density at radius 3 is 2.63 bits per heavy atom. The van der Waals surface area contributed by atoms with Gasteiger partial charge in [0, 0.05) is 37.2 Å². The highest BCUT2D eigenvalue weighted by Gasteiger charge is 2.45. The summed E-state index contributed by atoms with van der Waals surface area (Å²) in [5.41, 5.74) is 0.547. The first-order chi connectivity index (χ1) is 13.1. The van der Waals surface area contributed by atoms with Crippen LogP contribution < -0.4 is 4.74 Å². The Kier molecular flexibility index (Phi) is 5.60. The SMILES string of the molecule is COc1cc(Cl)ccc1C(=O)N1C[C@H]2C[C@@H](N3CCOCC3)[C@H](O)C[C@H]2C1. The van der Waals surface area contributed by atoms with Crippen molar-refractivity contribution in [2.45, 2.75) is 25.0 Å². The number of methoxy groups -OCH3 is 1. The van der Waals surface area contributed by atoms with Crippen LogP contribution in [0.4, 0.5) is 0 Å². The molecular formula is C20H27ClN2O4. The summed E-state index contributed by atoms with van der Waals surface area (Å²) in [6.07, 6.45) is 1.37. The third kappa shape index (κ3) is 3.81. The molecular weight excluding hydrogens is 368 g/mol. The van der Waals surface area contributed by atoms with Crippen LogP contribution in [-0.2, 0) is 4.74 Å². The number of hydrogen-bond acceptors (Lipinski definition) is 5. The van der Waals surface area contributed by atoms with Gasteiger partial charge in [-0.05, 0) is 42.9 Å². The number of amides is 1. The van der Waals surface area contributed by atoms with Crippen LogP contribution in [0.3, 0.4) is 0 Å². The van der Waals surface area contributed by atoms with Gasteiger partial charge >= 0.3 is 0 Å². The monoisotopic (exact) mass is 394 g/mol. The summed E-state index contributed by atoms with van der Waals surface area (Å²) in [5.74, 6) is 1.28. The van der Waals surface area contributed by atoms with Crippen LogP contribution in [0.2, 0.25) is 5.02 Å². The van der Waals surface area contributed by atoms with E-state index >= 15 is 0 Å². The average Bonchev–Trinajstić information content (AvgIpc) is 3.10. The van der Waals surface area contributed by atoms with Gasteiger partial charge in [0.15, 0.2) is 0 Å². The number of hydrogen-bond donors (Lipinski definition) is 1. The maximum atomic E-state index is 13.1. The highest BCUT2D eigenvalue weighted by atomic mass is 35.5. The molecule has 1 aliphatic carbocycles. The molecule has 27 heavy (non-hydrogen) atoms. The minimum Gasteiger partial charge on any atom is -0.496 e. The fourth-order valence-corrected chi connectivity index (χ4v) is 5.05. The molecule has 1 N–H and O–H groups in total. The van der Waals surface area contributed by atoms with Crippen LogP contribution in [0.25, 0.3) is 0 Å². The lowest BCUT2D eigenvalue weighted by Crippen LogP contribution is -2.53. The number of halogens is 1. The topological polar surface area (TPSA) is 62.2 Å². The summed E-state index contributed by atoms with van der Waals surface area (Å²) < 4.78 is 10.8. The predicted molar refractivity (Wildman–Crippen MR) is 102 cm³/mol. The minimum atomic E-state index is -0.329. The van der Waals surface area contributed by atoms with Crippen LogP contribution in [0.5, 0.6) is 5.75 Å². The molecule has 0 spiro atoms. The number of carbonyl (C=O) groups excluding carboxylic acids is 1. The first kappa shape index (κ1) is 19.0. The number of nitrogens with zero attached hydrogens (tertiary/aromatic N) is 2. The van der Waals surface area contributed by atoms with Crippen LogP contribution in [0.1, 0.15) is 23.2 Å². The Bertz CT molecular complexity index is 695. The van der Waals surface area contributed by atoms with Crippen molar-refractivity contribution >= 4 is 17.5 Å². The van der Waals surface area contributed by atoms with Gasteiger partial charge in [0.25, 0.3) is 5.91 Å². The zero-order valence-electron chi connectivity index (χ0n) is 15.6. The second-order valence-corrected chi connectivity index (χ2v) is 8.27. The first-order valence-corrected chi connectivity index (χ1v) is 10.1. The standard InChI is InChI=1S/C20H27ClN2O4/c1-26-19-10-15(21)2-3-16(19)20(25)23-11-13-8-17(18(24)9-14(13)12-23)22-4-6-27-7-5-22/h2-3,10,13-14,17-18,24H,4-9,11-12H2,1H3/t13-,14+,17-,18-/m1/s1. The Labute approximate surface area is 165 Å². The lowest BCUT2D eigenvalue weighted by Gasteiger charge is -2.43. The van der Waals surface area contributed by atoms with Gasteiger partial charge in [-0.3, -0.25) is 9.69 Å². The second-order valence-electron chi connectivity index (χ2n) is 7.83. The number of morpholine rings is 1. The van der Waals surface area contributed by atoms with E-state index in [-0.39, 0.29) is 18.1 Å². The third-order valence-corrected chi connectivity index (χ3v) is 6.54. The normalized spacial score (nSPS) is 31.6. The maximum absolute atomic E-state index is 13.1. The molecule has 148 valence electrons. The van der Waals surface area contributed by atoms with E-state index in [4.69, 9.17) is 21.1 Å². The molecule has 2 aliphatic heterocycles. The molecule has 1 aromatic carbocycles. The minimum absolute atomic E-state index is 0.0182. The zero-order chi connectivity index (χ0) is 19.0. The van der Waals surface area contributed by atoms with E-state index in [1.165, 1.54) is 0 Å². The number of rotatable bonds is 3. The average molecular weight is 395 g/mol. The van der Waals surface area contributed by atoms with Gasteiger partial charge in [-0.15, -0.1) is 0 Å². The largest absolute Gasteiger partial charge is 0.496 e. The zero-order valence-corrected chi connectivity index (χ0v) is 16.4. The molecule has 2 saturated heterocycles. The van der Waals surface area contributed by atoms with E-state index in [1.54, 1.807) is 25.3 Å². The van der Waals surface area contributed by atoms with E-state index in [0.717, 1.165) is 45.7 Å². The molecule has 7 heteroatoms. The van der Waals surface area contributed by atoms with Crippen LogP contribution in [-0.4, -0.2) is 79.5 Å². The van der Waals surface area contributed by atoms with Crippen molar-refractivity contribution in [3.8, 4) is 5.75 Å². The van der Waals surface area contributed by atoms with Crippen molar-refractivity contribution < 1.29 is 19.4 Å². The molecule has 0 radical (unpaired) electrons. The lowest BCUT2D eigenvalue weighted by atomic mass is 9.77. The first-order valence-electron chi connectivity index (χ1n) is 9.69.